The Morgan fingerprint density at radius 3 is 1.92 bits per heavy atom. The lowest BCUT2D eigenvalue weighted by atomic mass is 9.96. The molecule has 4 rings (SSSR count). The third-order valence-corrected chi connectivity index (χ3v) is 8.12. The fourth-order valence-corrected chi connectivity index (χ4v) is 6.04. The second-order valence-corrected chi connectivity index (χ2v) is 10.7. The number of rotatable bonds is 6. The summed E-state index contributed by atoms with van der Waals surface area (Å²) in [6, 6.07) is 20.5. The summed E-state index contributed by atoms with van der Waals surface area (Å²) >= 11 is 0. The fourth-order valence-electron chi connectivity index (χ4n) is 4.25. The summed E-state index contributed by atoms with van der Waals surface area (Å²) in [6.45, 7) is 3.61. The predicted octanol–water partition coefficient (Wildman–Crippen LogP) is 6.67. The van der Waals surface area contributed by atoms with E-state index in [0.717, 1.165) is 18.2 Å². The van der Waals surface area contributed by atoms with Crippen LogP contribution in [-0.2, 0) is 20.8 Å². The highest BCUT2D eigenvalue weighted by Gasteiger charge is 2.44. The van der Waals surface area contributed by atoms with Crippen LogP contribution in [0, 0.1) is 13.8 Å². The third kappa shape index (κ3) is 5.04. The van der Waals surface area contributed by atoms with Gasteiger partial charge < -0.3 is 9.72 Å². The Labute approximate surface area is 212 Å². The number of H-pyrrole nitrogens is 1. The molecule has 0 fully saturated rings. The number of ether oxygens (including phenoxy) is 1. The van der Waals surface area contributed by atoms with Gasteiger partial charge in [-0.15, -0.1) is 0 Å². The van der Waals surface area contributed by atoms with E-state index in [-0.39, 0.29) is 27.3 Å². The number of esters is 1. The van der Waals surface area contributed by atoms with Crippen LogP contribution in [0.4, 0.5) is 13.2 Å². The number of sulfone groups is 1. The van der Waals surface area contributed by atoms with Crippen LogP contribution in [0.25, 0.3) is 11.1 Å². The van der Waals surface area contributed by atoms with Gasteiger partial charge in [-0.1, -0.05) is 77.9 Å². The second kappa shape index (κ2) is 9.89. The number of benzene rings is 3. The van der Waals surface area contributed by atoms with Crippen molar-refractivity contribution in [3.05, 3.63) is 113 Å². The molecule has 1 N–H and O–H groups in total. The average Bonchev–Trinajstić information content (AvgIpc) is 3.26. The number of alkyl halides is 3. The molecule has 0 radical (unpaired) electrons. The first-order valence-electron chi connectivity index (χ1n) is 11.3. The summed E-state index contributed by atoms with van der Waals surface area (Å²) in [7, 11) is -3.32. The lowest BCUT2D eigenvalue weighted by Gasteiger charge is -2.20. The van der Waals surface area contributed by atoms with E-state index in [9.17, 15) is 26.4 Å². The first kappa shape index (κ1) is 26.2. The third-order valence-electron chi connectivity index (χ3n) is 6.07. The second-order valence-electron chi connectivity index (χ2n) is 8.67. The van der Waals surface area contributed by atoms with Crippen molar-refractivity contribution in [2.24, 2.45) is 0 Å². The molecule has 3 aromatic carbocycles. The summed E-state index contributed by atoms with van der Waals surface area (Å²) in [5, 5.41) is -1.58. The maximum atomic E-state index is 14.2. The molecule has 0 aliphatic heterocycles. The summed E-state index contributed by atoms with van der Waals surface area (Å²) < 4.78 is 75.7. The number of nitrogens with one attached hydrogen (secondary N) is 1. The molecule has 1 aromatic heterocycles. The van der Waals surface area contributed by atoms with Gasteiger partial charge in [0.2, 0.25) is 0 Å². The number of methoxy groups -OCH3 is 1. The van der Waals surface area contributed by atoms with Gasteiger partial charge in [0, 0.05) is 11.3 Å². The van der Waals surface area contributed by atoms with Gasteiger partial charge in [-0.25, -0.2) is 13.2 Å². The molecule has 0 amide bonds. The van der Waals surface area contributed by atoms with E-state index < -0.39 is 38.5 Å². The van der Waals surface area contributed by atoms with Crippen molar-refractivity contribution in [1.29, 1.82) is 0 Å². The Morgan fingerprint density at radius 1 is 0.865 bits per heavy atom. The number of hydrogen-bond acceptors (Lipinski definition) is 4. The molecule has 1 heterocycles. The molecule has 1 atom stereocenters. The molecular weight excluding hydrogens is 503 g/mol. The summed E-state index contributed by atoms with van der Waals surface area (Å²) in [4.78, 5) is 15.0. The molecule has 0 aliphatic rings. The maximum Gasteiger partial charge on any atom is 0.432 e. The largest absolute Gasteiger partial charge is 0.465 e. The van der Waals surface area contributed by atoms with E-state index in [0.29, 0.717) is 0 Å². The molecule has 1 unspecified atom stereocenters. The van der Waals surface area contributed by atoms with Crippen molar-refractivity contribution in [3.8, 4) is 11.1 Å². The summed E-state index contributed by atoms with van der Waals surface area (Å²) in [6.07, 6.45) is -4.99. The van der Waals surface area contributed by atoms with E-state index in [1.165, 1.54) is 24.3 Å². The van der Waals surface area contributed by atoms with E-state index in [2.05, 4.69) is 4.98 Å². The Morgan fingerprint density at radius 2 is 1.41 bits per heavy atom. The highest BCUT2D eigenvalue weighted by molar-refractivity contribution is 7.92. The lowest BCUT2D eigenvalue weighted by Crippen LogP contribution is -2.17. The van der Waals surface area contributed by atoms with E-state index in [1.807, 2.05) is 6.92 Å². The molecule has 37 heavy (non-hydrogen) atoms. The van der Waals surface area contributed by atoms with Gasteiger partial charge >= 0.3 is 12.1 Å². The molecule has 0 saturated carbocycles. The quantitative estimate of drug-likeness (QED) is 0.284. The topological polar surface area (TPSA) is 76.2 Å². The van der Waals surface area contributed by atoms with Crippen molar-refractivity contribution in [2.75, 3.05) is 7.11 Å². The van der Waals surface area contributed by atoms with Crippen LogP contribution in [0.15, 0.2) is 83.8 Å². The summed E-state index contributed by atoms with van der Waals surface area (Å²) in [5.41, 5.74) is -0.448. The van der Waals surface area contributed by atoms with E-state index in [1.54, 1.807) is 61.5 Å². The molecule has 0 aliphatic carbocycles. The number of aryl methyl sites for hydroxylation is 2. The zero-order valence-corrected chi connectivity index (χ0v) is 21.1. The number of aromatic amines is 1. The molecule has 0 saturated heterocycles. The van der Waals surface area contributed by atoms with Gasteiger partial charge in [0.1, 0.15) is 10.9 Å². The molecule has 0 bridgehead atoms. The molecule has 192 valence electrons. The number of aromatic nitrogens is 1. The number of carbonyl (C=O) groups is 1. The standard InChI is InChI=1S/C28H24F3NO4S/c1-17-9-13-20(14-10-17)25(37(34,35)21-15-11-18(2)12-16-21)24-22(19-7-5-4-6-8-19)23(27(33)36-3)26(32-24)28(29,30)31/h4-16,25,32H,1-3H3. The Balaban J connectivity index is 2.14. The van der Waals surface area contributed by atoms with Crippen molar-refractivity contribution in [3.63, 3.8) is 0 Å². The monoisotopic (exact) mass is 527 g/mol. The zero-order valence-electron chi connectivity index (χ0n) is 20.3. The predicted molar refractivity (Wildman–Crippen MR) is 134 cm³/mol. The molecule has 5 nitrogen and oxygen atoms in total. The molecule has 9 heteroatoms. The Kier molecular flexibility index (Phi) is 7.01. The van der Waals surface area contributed by atoms with Crippen molar-refractivity contribution >= 4 is 15.8 Å². The van der Waals surface area contributed by atoms with Gasteiger partial charge in [-0.3, -0.25) is 0 Å². The van der Waals surface area contributed by atoms with Crippen LogP contribution in [0.2, 0.25) is 0 Å². The van der Waals surface area contributed by atoms with Crippen LogP contribution < -0.4 is 0 Å². The minimum atomic E-state index is -4.99. The van der Waals surface area contributed by atoms with Gasteiger partial charge in [0.25, 0.3) is 0 Å². The van der Waals surface area contributed by atoms with Gasteiger partial charge in [0.15, 0.2) is 9.84 Å². The molecule has 4 aromatic rings. The van der Waals surface area contributed by atoms with Crippen molar-refractivity contribution < 1.29 is 31.1 Å². The lowest BCUT2D eigenvalue weighted by molar-refractivity contribution is -0.141. The molecular formula is C28H24F3NO4S. The van der Waals surface area contributed by atoms with Crippen LogP contribution in [-0.4, -0.2) is 26.5 Å². The average molecular weight is 528 g/mol. The fraction of sp³-hybridized carbons (Fsp3) is 0.179. The Hall–Kier alpha value is -3.85. The van der Waals surface area contributed by atoms with E-state index in [4.69, 9.17) is 4.74 Å². The van der Waals surface area contributed by atoms with Crippen LogP contribution in [0.3, 0.4) is 0 Å². The SMILES string of the molecule is COC(=O)c1c(C(F)(F)F)[nH]c(C(c2ccc(C)cc2)S(=O)(=O)c2ccc(C)cc2)c1-c1ccccc1. The van der Waals surface area contributed by atoms with Crippen molar-refractivity contribution in [2.45, 2.75) is 30.2 Å². The number of halogens is 3. The van der Waals surface area contributed by atoms with Gasteiger partial charge in [0.05, 0.1) is 17.6 Å². The Bertz CT molecular complexity index is 1520. The first-order valence-corrected chi connectivity index (χ1v) is 12.8. The first-order chi connectivity index (χ1) is 17.4. The van der Waals surface area contributed by atoms with E-state index >= 15 is 0 Å². The minimum Gasteiger partial charge on any atom is -0.465 e. The maximum absolute atomic E-state index is 14.2. The number of carbonyl (C=O) groups excluding carboxylic acids is 1. The molecule has 0 spiro atoms. The van der Waals surface area contributed by atoms with Gasteiger partial charge in [-0.2, -0.15) is 13.2 Å². The summed E-state index contributed by atoms with van der Waals surface area (Å²) in [5.74, 6) is -1.23. The van der Waals surface area contributed by atoms with Gasteiger partial charge in [-0.05, 0) is 37.1 Å². The van der Waals surface area contributed by atoms with Crippen LogP contribution in [0.5, 0.6) is 0 Å². The number of hydrogen-bond donors (Lipinski definition) is 1. The van der Waals surface area contributed by atoms with Crippen molar-refractivity contribution in [1.82, 2.24) is 4.98 Å². The zero-order chi connectivity index (χ0) is 27.0. The highest BCUT2D eigenvalue weighted by Crippen LogP contribution is 2.45. The highest BCUT2D eigenvalue weighted by atomic mass is 32.2. The van der Waals surface area contributed by atoms with Crippen LogP contribution in [0.1, 0.15) is 43.7 Å². The minimum absolute atomic E-state index is 0.0644. The smallest absolute Gasteiger partial charge is 0.432 e. The van der Waals surface area contributed by atoms with Crippen LogP contribution >= 0.6 is 0 Å². The normalized spacial score (nSPS) is 12.8.